The molecule has 0 amide bonds. The number of thiophene rings is 1. The second-order valence-corrected chi connectivity index (χ2v) is 6.45. The molecule has 1 saturated heterocycles. The molecule has 128 valence electrons. The first kappa shape index (κ1) is 15.8. The quantitative estimate of drug-likeness (QED) is 0.650. The third-order valence-corrected chi connectivity index (χ3v) is 4.67. The zero-order valence-electron chi connectivity index (χ0n) is 13.4. The minimum Gasteiger partial charge on any atom is -0.452 e. The van der Waals surface area contributed by atoms with Gasteiger partial charge < -0.3 is 14.2 Å². The van der Waals surface area contributed by atoms with Gasteiger partial charge in [0.1, 0.15) is 11.4 Å². The largest absolute Gasteiger partial charge is 0.452 e. The lowest BCUT2D eigenvalue weighted by Crippen LogP contribution is -2.22. The monoisotopic (exact) mass is 356 g/mol. The molecule has 1 aliphatic heterocycles. The summed E-state index contributed by atoms with van der Waals surface area (Å²) in [4.78, 5) is 23.2. The van der Waals surface area contributed by atoms with Crippen LogP contribution in [0.25, 0.3) is 11.4 Å². The molecule has 0 atom stereocenters. The molecule has 3 aromatic heterocycles. The zero-order chi connectivity index (χ0) is 17.1. The highest BCUT2D eigenvalue weighted by Crippen LogP contribution is 2.23. The maximum atomic E-state index is 12.5. The highest BCUT2D eigenvalue weighted by molar-refractivity contribution is 7.08. The minimum absolute atomic E-state index is 0.0652. The van der Waals surface area contributed by atoms with Crippen molar-refractivity contribution in [3.8, 4) is 11.4 Å². The summed E-state index contributed by atoms with van der Waals surface area (Å²) < 4.78 is 10.5. The number of aromatic nitrogens is 3. The highest BCUT2D eigenvalue weighted by Gasteiger charge is 2.22. The molecular weight excluding hydrogens is 340 g/mol. The third kappa shape index (κ3) is 3.39. The summed E-state index contributed by atoms with van der Waals surface area (Å²) in [5.74, 6) is 0.993. The van der Waals surface area contributed by atoms with E-state index in [0.717, 1.165) is 31.5 Å². The average molecular weight is 356 g/mol. The van der Waals surface area contributed by atoms with Crippen LogP contribution in [-0.4, -0.2) is 34.2 Å². The fraction of sp³-hybridized carbons (Fsp3) is 0.294. The molecule has 0 saturated carbocycles. The van der Waals surface area contributed by atoms with Crippen molar-refractivity contribution < 1.29 is 14.1 Å². The first-order chi connectivity index (χ1) is 12.3. The smallest absolute Gasteiger partial charge is 0.342 e. The predicted molar refractivity (Wildman–Crippen MR) is 92.4 cm³/mol. The van der Waals surface area contributed by atoms with Crippen LogP contribution >= 0.6 is 11.3 Å². The van der Waals surface area contributed by atoms with Crippen molar-refractivity contribution in [3.05, 3.63) is 46.6 Å². The fourth-order valence-corrected chi connectivity index (χ4v) is 3.40. The van der Waals surface area contributed by atoms with E-state index in [9.17, 15) is 4.79 Å². The van der Waals surface area contributed by atoms with Gasteiger partial charge in [-0.05, 0) is 36.4 Å². The molecule has 4 heterocycles. The van der Waals surface area contributed by atoms with E-state index in [4.69, 9.17) is 9.26 Å². The van der Waals surface area contributed by atoms with Crippen LogP contribution < -0.4 is 4.90 Å². The van der Waals surface area contributed by atoms with Crippen LogP contribution in [0.4, 0.5) is 5.82 Å². The molecule has 0 N–H and O–H groups in total. The van der Waals surface area contributed by atoms with Crippen molar-refractivity contribution in [2.45, 2.75) is 19.4 Å². The number of carbonyl (C=O) groups is 1. The predicted octanol–water partition coefficient (Wildman–Crippen LogP) is 3.15. The SMILES string of the molecule is O=C(OCc1nc(-c2ccsc2)no1)c1cccnc1N1CCCC1. The lowest BCUT2D eigenvalue weighted by molar-refractivity contribution is 0.0430. The van der Waals surface area contributed by atoms with Crippen LogP contribution in [0, 0.1) is 0 Å². The summed E-state index contributed by atoms with van der Waals surface area (Å²) in [7, 11) is 0. The molecule has 0 bridgehead atoms. The Bertz CT molecular complexity index is 856. The number of esters is 1. The van der Waals surface area contributed by atoms with Crippen LogP contribution in [0.5, 0.6) is 0 Å². The molecule has 0 spiro atoms. The Kier molecular flexibility index (Phi) is 4.43. The number of rotatable bonds is 5. The Hall–Kier alpha value is -2.74. The van der Waals surface area contributed by atoms with Gasteiger partial charge in [0.05, 0.1) is 0 Å². The first-order valence-electron chi connectivity index (χ1n) is 8.03. The maximum absolute atomic E-state index is 12.5. The van der Waals surface area contributed by atoms with Gasteiger partial charge >= 0.3 is 5.97 Å². The maximum Gasteiger partial charge on any atom is 0.342 e. The number of ether oxygens (including phenoxy) is 1. The van der Waals surface area contributed by atoms with Gasteiger partial charge in [0.25, 0.3) is 5.89 Å². The number of anilines is 1. The molecule has 7 nitrogen and oxygen atoms in total. The Morgan fingerprint density at radius 2 is 2.20 bits per heavy atom. The van der Waals surface area contributed by atoms with E-state index in [1.54, 1.807) is 29.7 Å². The molecular formula is C17H16N4O3S. The Morgan fingerprint density at radius 3 is 3.00 bits per heavy atom. The Labute approximate surface area is 148 Å². The van der Waals surface area contributed by atoms with Crippen LogP contribution in [0.15, 0.2) is 39.7 Å². The minimum atomic E-state index is -0.440. The number of pyridine rings is 1. The van der Waals surface area contributed by atoms with Gasteiger partial charge in [-0.3, -0.25) is 0 Å². The van der Waals surface area contributed by atoms with Gasteiger partial charge in [-0.2, -0.15) is 16.3 Å². The van der Waals surface area contributed by atoms with E-state index < -0.39 is 5.97 Å². The second kappa shape index (κ2) is 7.02. The molecule has 0 unspecified atom stereocenters. The van der Waals surface area contributed by atoms with E-state index in [2.05, 4.69) is 20.0 Å². The highest BCUT2D eigenvalue weighted by atomic mass is 32.1. The molecule has 8 heteroatoms. The Balaban J connectivity index is 1.44. The summed E-state index contributed by atoms with van der Waals surface area (Å²) in [5.41, 5.74) is 1.34. The van der Waals surface area contributed by atoms with Crippen molar-refractivity contribution in [2.75, 3.05) is 18.0 Å². The molecule has 0 radical (unpaired) electrons. The number of carbonyl (C=O) groups excluding carboxylic acids is 1. The molecule has 0 aromatic carbocycles. The van der Waals surface area contributed by atoms with E-state index in [0.29, 0.717) is 17.2 Å². The second-order valence-electron chi connectivity index (χ2n) is 5.67. The van der Waals surface area contributed by atoms with Crippen molar-refractivity contribution in [3.63, 3.8) is 0 Å². The van der Waals surface area contributed by atoms with Gasteiger partial charge in [-0.25, -0.2) is 9.78 Å². The van der Waals surface area contributed by atoms with Crippen LogP contribution in [0.3, 0.4) is 0 Å². The Morgan fingerprint density at radius 1 is 1.32 bits per heavy atom. The van der Waals surface area contributed by atoms with Crippen molar-refractivity contribution in [1.29, 1.82) is 0 Å². The normalized spacial score (nSPS) is 14.0. The van der Waals surface area contributed by atoms with Gasteiger partial charge in [0.2, 0.25) is 5.82 Å². The van der Waals surface area contributed by atoms with E-state index in [-0.39, 0.29) is 12.5 Å². The summed E-state index contributed by atoms with van der Waals surface area (Å²) in [6.07, 6.45) is 3.91. The summed E-state index contributed by atoms with van der Waals surface area (Å²) in [6, 6.07) is 5.37. The first-order valence-corrected chi connectivity index (χ1v) is 8.98. The lowest BCUT2D eigenvalue weighted by Gasteiger charge is -2.18. The molecule has 0 aliphatic carbocycles. The molecule has 25 heavy (non-hydrogen) atoms. The van der Waals surface area contributed by atoms with Crippen LogP contribution in [0.1, 0.15) is 29.1 Å². The molecule has 3 aromatic rings. The van der Waals surface area contributed by atoms with Crippen molar-refractivity contribution in [1.82, 2.24) is 15.1 Å². The van der Waals surface area contributed by atoms with E-state index in [1.165, 1.54) is 0 Å². The fourth-order valence-electron chi connectivity index (χ4n) is 2.76. The van der Waals surface area contributed by atoms with Crippen LogP contribution in [-0.2, 0) is 11.3 Å². The van der Waals surface area contributed by atoms with E-state index in [1.807, 2.05) is 16.8 Å². The molecule has 1 aliphatic rings. The van der Waals surface area contributed by atoms with Crippen LogP contribution in [0.2, 0.25) is 0 Å². The topological polar surface area (TPSA) is 81.3 Å². The number of nitrogens with zero attached hydrogens (tertiary/aromatic N) is 4. The lowest BCUT2D eigenvalue weighted by atomic mass is 10.2. The van der Waals surface area contributed by atoms with Gasteiger partial charge in [-0.1, -0.05) is 5.16 Å². The molecule has 4 rings (SSSR count). The number of hydrogen-bond donors (Lipinski definition) is 0. The summed E-state index contributed by atoms with van der Waals surface area (Å²) >= 11 is 1.55. The van der Waals surface area contributed by atoms with Crippen molar-refractivity contribution >= 4 is 23.1 Å². The third-order valence-electron chi connectivity index (χ3n) is 3.99. The van der Waals surface area contributed by atoms with Crippen molar-refractivity contribution in [2.24, 2.45) is 0 Å². The standard InChI is InChI=1S/C17H16N4O3S/c22-17(13-4-3-6-18-16(13)21-7-1-2-8-21)23-10-14-19-15(20-24-14)12-5-9-25-11-12/h3-6,9,11H,1-2,7-8,10H2. The average Bonchev–Trinajstić information content (AvgIpc) is 3.41. The number of hydrogen-bond acceptors (Lipinski definition) is 8. The summed E-state index contributed by atoms with van der Waals surface area (Å²) in [5, 5.41) is 7.77. The van der Waals surface area contributed by atoms with E-state index >= 15 is 0 Å². The van der Waals surface area contributed by atoms with Gasteiger partial charge in [0, 0.05) is 30.2 Å². The molecule has 1 fully saturated rings. The summed E-state index contributed by atoms with van der Waals surface area (Å²) in [6.45, 7) is 1.75. The zero-order valence-corrected chi connectivity index (χ0v) is 14.2. The van der Waals surface area contributed by atoms with Gasteiger partial charge in [-0.15, -0.1) is 0 Å². The van der Waals surface area contributed by atoms with Gasteiger partial charge in [0.15, 0.2) is 6.61 Å².